The normalized spacial score (nSPS) is 14.8. The summed E-state index contributed by atoms with van der Waals surface area (Å²) < 4.78 is 36.9. The third-order valence-electron chi connectivity index (χ3n) is 6.39. The van der Waals surface area contributed by atoms with E-state index in [0.29, 0.717) is 47.5 Å². The Hall–Kier alpha value is -3.24. The summed E-state index contributed by atoms with van der Waals surface area (Å²) in [5.41, 5.74) is 6.26. The van der Waals surface area contributed by atoms with Crippen LogP contribution >= 0.6 is 11.6 Å². The number of benzene rings is 2. The maximum Gasteiger partial charge on any atom is 0.404 e. The van der Waals surface area contributed by atoms with Crippen LogP contribution in [0.25, 0.3) is 22.8 Å². The number of nitrogens with two attached hydrogens (primary N) is 1. The summed E-state index contributed by atoms with van der Waals surface area (Å²) in [6, 6.07) is 13.3. The zero-order valence-corrected chi connectivity index (χ0v) is 21.2. The number of aromatic nitrogens is 3. The van der Waals surface area contributed by atoms with Gasteiger partial charge in [0.1, 0.15) is 5.82 Å². The molecule has 1 saturated carbocycles. The van der Waals surface area contributed by atoms with E-state index >= 15 is 0 Å². The van der Waals surface area contributed by atoms with Crippen LogP contribution in [0.15, 0.2) is 47.3 Å². The predicted molar refractivity (Wildman–Crippen MR) is 135 cm³/mol. The number of carboxylic acid groups (broad SMARTS) is 1. The average Bonchev–Trinajstić information content (AvgIpc) is 3.37. The van der Waals surface area contributed by atoms with Crippen LogP contribution in [0.4, 0.5) is 13.2 Å². The number of carboxylic acids is 1. The van der Waals surface area contributed by atoms with E-state index in [2.05, 4.69) is 28.8 Å². The number of hydrogen-bond donors (Lipinski definition) is 3. The Balaban J connectivity index is 0.000000266. The summed E-state index contributed by atoms with van der Waals surface area (Å²) in [5.74, 6) is -0.606. The number of rotatable bonds is 5. The number of nitrogens with one attached hydrogen (secondary N) is 1. The molecule has 0 bridgehead atoms. The number of aromatic amines is 1. The summed E-state index contributed by atoms with van der Waals surface area (Å²) in [6.07, 6.45) is -4.44. The van der Waals surface area contributed by atoms with E-state index in [1.165, 1.54) is 0 Å². The molecule has 11 heteroatoms. The molecule has 3 aromatic rings. The van der Waals surface area contributed by atoms with Crippen molar-refractivity contribution < 1.29 is 23.1 Å². The first-order chi connectivity index (χ1) is 17.4. The minimum absolute atomic E-state index is 0.272. The molecular formula is C26H28ClF3N4O3. The number of aliphatic carboxylic acids is 1. The van der Waals surface area contributed by atoms with Gasteiger partial charge in [-0.3, -0.25) is 9.78 Å². The SMILES string of the molecule is CC(C)c1cccc(-c2nc(-c3cc(CN)ccc3Cl)[nH]c(=O)n2)c1.O=C(O)C1(C(F)(F)F)CCCC1. The standard InChI is InChI=1S/C19H19ClN4O.C7H9F3O2/c1-11(2)13-4-3-5-14(9-13)17-22-18(24-19(25)23-17)15-8-12(10-21)6-7-16(15)20;8-7(9,10)6(5(11)12)3-1-2-4-6/h3-9,11H,10,21H2,1-2H3,(H,22,23,24,25);1-4H2,(H,11,12). The van der Waals surface area contributed by atoms with Gasteiger partial charge in [0.05, 0.1) is 5.02 Å². The van der Waals surface area contributed by atoms with Gasteiger partial charge in [-0.1, -0.05) is 62.6 Å². The molecule has 0 amide bonds. The second kappa shape index (κ2) is 11.4. The van der Waals surface area contributed by atoms with Crippen molar-refractivity contribution in [1.82, 2.24) is 15.0 Å². The third kappa shape index (κ3) is 6.37. The topological polar surface area (TPSA) is 122 Å². The molecule has 1 aromatic heterocycles. The highest BCUT2D eigenvalue weighted by Gasteiger charge is 2.61. The first kappa shape index (κ1) is 28.3. The molecule has 0 saturated heterocycles. The van der Waals surface area contributed by atoms with Gasteiger partial charge in [-0.2, -0.15) is 18.2 Å². The van der Waals surface area contributed by atoms with Gasteiger partial charge in [-0.25, -0.2) is 9.78 Å². The van der Waals surface area contributed by atoms with Crippen LogP contribution in [-0.4, -0.2) is 32.2 Å². The summed E-state index contributed by atoms with van der Waals surface area (Å²) >= 11 is 6.28. The van der Waals surface area contributed by atoms with Crippen molar-refractivity contribution in [2.45, 2.75) is 58.2 Å². The molecule has 1 aliphatic carbocycles. The van der Waals surface area contributed by atoms with Crippen LogP contribution in [0, 0.1) is 5.41 Å². The molecule has 7 nitrogen and oxygen atoms in total. The number of hydrogen-bond acceptors (Lipinski definition) is 5. The van der Waals surface area contributed by atoms with Gasteiger partial charge in [0.2, 0.25) is 0 Å². The molecule has 198 valence electrons. The van der Waals surface area contributed by atoms with Gasteiger partial charge in [0.15, 0.2) is 11.2 Å². The Kier molecular flexibility index (Phi) is 8.76. The fourth-order valence-electron chi connectivity index (χ4n) is 4.16. The zero-order valence-electron chi connectivity index (χ0n) is 20.4. The van der Waals surface area contributed by atoms with Crippen molar-refractivity contribution >= 4 is 17.6 Å². The van der Waals surface area contributed by atoms with Gasteiger partial charge in [-0.15, -0.1) is 0 Å². The summed E-state index contributed by atoms with van der Waals surface area (Å²) in [7, 11) is 0. The van der Waals surface area contributed by atoms with Crippen molar-refractivity contribution in [3.8, 4) is 22.8 Å². The maximum atomic E-state index is 12.3. The van der Waals surface area contributed by atoms with E-state index < -0.39 is 23.3 Å². The molecule has 1 heterocycles. The third-order valence-corrected chi connectivity index (χ3v) is 6.72. The Bertz CT molecular complexity index is 1320. The van der Waals surface area contributed by atoms with Crippen LogP contribution in [0.1, 0.15) is 56.6 Å². The molecule has 0 spiro atoms. The predicted octanol–water partition coefficient (Wildman–Crippen LogP) is 5.93. The second-order valence-electron chi connectivity index (χ2n) is 9.22. The molecule has 4 rings (SSSR count). The molecule has 0 atom stereocenters. The van der Waals surface area contributed by atoms with Crippen molar-refractivity contribution in [2.24, 2.45) is 11.1 Å². The van der Waals surface area contributed by atoms with Gasteiger partial charge in [0.25, 0.3) is 0 Å². The zero-order chi connectivity index (χ0) is 27.4. The molecule has 0 unspecified atom stereocenters. The minimum atomic E-state index is -4.60. The molecule has 4 N–H and O–H groups in total. The van der Waals surface area contributed by atoms with Crippen LogP contribution in [0.3, 0.4) is 0 Å². The highest BCUT2D eigenvalue weighted by molar-refractivity contribution is 6.33. The first-order valence-electron chi connectivity index (χ1n) is 11.8. The second-order valence-corrected chi connectivity index (χ2v) is 9.62. The summed E-state index contributed by atoms with van der Waals surface area (Å²) in [6.45, 7) is 4.60. The molecule has 0 aliphatic heterocycles. The lowest BCUT2D eigenvalue weighted by atomic mass is 9.86. The van der Waals surface area contributed by atoms with E-state index in [0.717, 1.165) is 16.7 Å². The fourth-order valence-corrected chi connectivity index (χ4v) is 4.36. The minimum Gasteiger partial charge on any atom is -0.481 e. The first-order valence-corrected chi connectivity index (χ1v) is 12.1. The van der Waals surface area contributed by atoms with Crippen molar-refractivity contribution in [1.29, 1.82) is 0 Å². The molecule has 0 radical (unpaired) electrons. The number of carbonyl (C=O) groups is 1. The van der Waals surface area contributed by atoms with Crippen LogP contribution in [0.5, 0.6) is 0 Å². The van der Waals surface area contributed by atoms with Gasteiger partial charge >= 0.3 is 17.8 Å². The Morgan fingerprint density at radius 3 is 2.38 bits per heavy atom. The number of H-pyrrole nitrogens is 1. The highest BCUT2D eigenvalue weighted by Crippen LogP contribution is 2.50. The summed E-state index contributed by atoms with van der Waals surface area (Å²) in [4.78, 5) is 33.7. The Morgan fingerprint density at radius 1 is 1.16 bits per heavy atom. The van der Waals surface area contributed by atoms with Crippen molar-refractivity contribution in [2.75, 3.05) is 0 Å². The number of halogens is 4. The van der Waals surface area contributed by atoms with Crippen molar-refractivity contribution in [3.05, 3.63) is 69.1 Å². The number of nitrogens with zero attached hydrogens (tertiary/aromatic N) is 2. The molecule has 37 heavy (non-hydrogen) atoms. The number of alkyl halides is 3. The molecule has 2 aromatic carbocycles. The summed E-state index contributed by atoms with van der Waals surface area (Å²) in [5, 5.41) is 8.97. The van der Waals surface area contributed by atoms with Crippen molar-refractivity contribution in [3.63, 3.8) is 0 Å². The van der Waals surface area contributed by atoms with Gasteiger partial charge < -0.3 is 10.8 Å². The van der Waals surface area contributed by atoms with Crippen LogP contribution in [-0.2, 0) is 11.3 Å². The highest BCUT2D eigenvalue weighted by atomic mass is 35.5. The van der Waals surface area contributed by atoms with E-state index in [-0.39, 0.29) is 12.8 Å². The van der Waals surface area contributed by atoms with E-state index in [1.54, 1.807) is 6.07 Å². The van der Waals surface area contributed by atoms with Gasteiger partial charge in [0, 0.05) is 17.7 Å². The average molecular weight is 537 g/mol. The molecular weight excluding hydrogens is 509 g/mol. The lowest BCUT2D eigenvalue weighted by Gasteiger charge is -2.26. The maximum absolute atomic E-state index is 12.3. The Morgan fingerprint density at radius 2 is 1.84 bits per heavy atom. The van der Waals surface area contributed by atoms with E-state index in [9.17, 15) is 22.8 Å². The fraction of sp³-hybridized carbons (Fsp3) is 0.385. The van der Waals surface area contributed by atoms with Crippen LogP contribution in [0.2, 0.25) is 5.02 Å². The quantitative estimate of drug-likeness (QED) is 0.371. The largest absolute Gasteiger partial charge is 0.481 e. The van der Waals surface area contributed by atoms with Gasteiger partial charge in [-0.05, 0) is 48.1 Å². The molecule has 1 fully saturated rings. The van der Waals surface area contributed by atoms with Crippen LogP contribution < -0.4 is 11.4 Å². The lowest BCUT2D eigenvalue weighted by Crippen LogP contribution is -2.42. The monoisotopic (exact) mass is 536 g/mol. The van der Waals surface area contributed by atoms with E-state index in [1.807, 2.05) is 36.4 Å². The lowest BCUT2D eigenvalue weighted by molar-refractivity contribution is -0.229. The van der Waals surface area contributed by atoms with E-state index in [4.69, 9.17) is 22.4 Å². The Labute approximate surface area is 216 Å². The molecule has 1 aliphatic rings. The smallest absolute Gasteiger partial charge is 0.404 e.